The predicted octanol–water partition coefficient (Wildman–Crippen LogP) is 6.65. The Balaban J connectivity index is 1.98. The van der Waals surface area contributed by atoms with E-state index >= 15 is 0 Å². The summed E-state index contributed by atoms with van der Waals surface area (Å²) >= 11 is 0. The maximum Gasteiger partial charge on any atom is 0.315 e. The molecule has 0 aromatic heterocycles. The highest BCUT2D eigenvalue weighted by molar-refractivity contribution is 5.88. The van der Waals surface area contributed by atoms with Crippen LogP contribution >= 0.6 is 0 Å². The highest BCUT2D eigenvalue weighted by Crippen LogP contribution is 2.31. The number of cyclic esters (lactones) is 2. The summed E-state index contributed by atoms with van der Waals surface area (Å²) in [6.45, 7) is 3.29. The van der Waals surface area contributed by atoms with E-state index in [-0.39, 0.29) is 19.3 Å². The number of hydrogen-bond acceptors (Lipinski definition) is 7. The summed E-state index contributed by atoms with van der Waals surface area (Å²) in [7, 11) is 0. The van der Waals surface area contributed by atoms with Gasteiger partial charge in [0, 0.05) is 13.3 Å². The Labute approximate surface area is 218 Å². The largest absolute Gasteiger partial charge is 0.416 e. The molecule has 0 radical (unpaired) electrons. The lowest BCUT2D eigenvalue weighted by atomic mass is 9.97. The second-order valence-corrected chi connectivity index (χ2v) is 10.6. The van der Waals surface area contributed by atoms with Crippen LogP contribution in [0.5, 0.6) is 0 Å². The molecule has 0 aromatic carbocycles. The normalized spacial score (nSPS) is 15.9. The lowest BCUT2D eigenvalue weighted by molar-refractivity contribution is -0.332. The van der Waals surface area contributed by atoms with Crippen LogP contribution in [0.25, 0.3) is 0 Å². The maximum absolute atomic E-state index is 12.4. The molecule has 0 bridgehead atoms. The summed E-state index contributed by atoms with van der Waals surface area (Å²) in [5.41, 5.74) is 0. The number of carbonyl (C=O) groups is 3. The fourth-order valence-electron chi connectivity index (χ4n) is 4.70. The molecular formula is C29H52O7. The molecule has 0 aromatic rings. The van der Waals surface area contributed by atoms with E-state index in [1.807, 2.05) is 0 Å². The van der Waals surface area contributed by atoms with Crippen LogP contribution in [0.1, 0.15) is 155 Å². The van der Waals surface area contributed by atoms with Crippen molar-refractivity contribution in [2.45, 2.75) is 167 Å². The molecule has 1 aliphatic rings. The van der Waals surface area contributed by atoms with Crippen molar-refractivity contribution in [1.29, 1.82) is 0 Å². The monoisotopic (exact) mass is 512 g/mol. The van der Waals surface area contributed by atoms with Crippen LogP contribution in [0.15, 0.2) is 0 Å². The summed E-state index contributed by atoms with van der Waals surface area (Å²) in [5, 5.41) is 20.7. The summed E-state index contributed by atoms with van der Waals surface area (Å²) in [6, 6.07) is 0. The van der Waals surface area contributed by atoms with Crippen LogP contribution in [-0.4, -0.2) is 39.5 Å². The Bertz CT molecular complexity index is 611. The molecule has 1 aliphatic heterocycles. The molecule has 1 rings (SSSR count). The van der Waals surface area contributed by atoms with E-state index < -0.39 is 29.3 Å². The van der Waals surface area contributed by atoms with E-state index in [4.69, 9.17) is 9.47 Å². The molecule has 0 spiro atoms. The van der Waals surface area contributed by atoms with Crippen LogP contribution in [0.4, 0.5) is 0 Å². The summed E-state index contributed by atoms with van der Waals surface area (Å²) in [4.78, 5) is 35.7. The SMILES string of the molecule is CCCCCCCCCCCCCCCCCCCCCC(=O)C(O)(O)C1(C)OC(=O)CCC(=O)O1. The Morgan fingerprint density at radius 2 is 0.972 bits per heavy atom. The first kappa shape index (κ1) is 32.6. The maximum atomic E-state index is 12.4. The zero-order valence-corrected chi connectivity index (χ0v) is 23.0. The average Bonchev–Trinajstić information content (AvgIpc) is 2.97. The van der Waals surface area contributed by atoms with E-state index in [0.717, 1.165) is 26.2 Å². The molecule has 210 valence electrons. The molecule has 7 heteroatoms. The van der Waals surface area contributed by atoms with Crippen molar-refractivity contribution in [3.63, 3.8) is 0 Å². The third-order valence-electron chi connectivity index (χ3n) is 7.18. The number of hydrogen-bond donors (Lipinski definition) is 2. The van der Waals surface area contributed by atoms with Crippen molar-refractivity contribution < 1.29 is 34.1 Å². The Kier molecular flexibility index (Phi) is 16.9. The zero-order valence-electron chi connectivity index (χ0n) is 23.0. The van der Waals surface area contributed by atoms with Crippen molar-refractivity contribution >= 4 is 17.7 Å². The Hall–Kier alpha value is -1.47. The number of Topliss-reactive ketones (excluding diaryl/α,β-unsaturated/α-hetero) is 1. The molecule has 36 heavy (non-hydrogen) atoms. The fourth-order valence-corrected chi connectivity index (χ4v) is 4.70. The molecule has 0 amide bonds. The van der Waals surface area contributed by atoms with Gasteiger partial charge in [0.1, 0.15) is 0 Å². The molecule has 0 atom stereocenters. The van der Waals surface area contributed by atoms with Crippen LogP contribution in [0, 0.1) is 0 Å². The van der Waals surface area contributed by atoms with Crippen LogP contribution in [0.2, 0.25) is 0 Å². The summed E-state index contributed by atoms with van der Waals surface area (Å²) < 4.78 is 9.79. The minimum absolute atomic E-state index is 0.0868. The first-order chi connectivity index (χ1) is 17.2. The molecule has 0 unspecified atom stereocenters. The second kappa shape index (κ2) is 18.7. The van der Waals surface area contributed by atoms with E-state index in [9.17, 15) is 24.6 Å². The number of unbranched alkanes of at least 4 members (excludes halogenated alkanes) is 18. The molecule has 1 heterocycles. The molecule has 0 saturated carbocycles. The second-order valence-electron chi connectivity index (χ2n) is 10.6. The van der Waals surface area contributed by atoms with Gasteiger partial charge in [-0.05, 0) is 6.42 Å². The first-order valence-corrected chi connectivity index (χ1v) is 14.6. The van der Waals surface area contributed by atoms with E-state index in [0.29, 0.717) is 6.42 Å². The van der Waals surface area contributed by atoms with Gasteiger partial charge in [-0.25, -0.2) is 0 Å². The number of aliphatic hydroxyl groups is 2. The van der Waals surface area contributed by atoms with Gasteiger partial charge in [-0.15, -0.1) is 0 Å². The standard InChI is InChI=1S/C29H52O7/c1-3-4-5-6-7-8-9-10-11-12-13-14-15-16-17-18-19-20-21-22-25(30)29(33,34)28(2)35-26(31)23-24-27(32)36-28/h33-34H,3-24H2,1-2H3. The zero-order chi connectivity index (χ0) is 26.7. The van der Waals surface area contributed by atoms with Gasteiger partial charge in [0.2, 0.25) is 0 Å². The number of rotatable bonds is 22. The lowest BCUT2D eigenvalue weighted by Crippen LogP contribution is -2.61. The van der Waals surface area contributed by atoms with Gasteiger partial charge in [0.15, 0.2) is 5.78 Å². The molecule has 1 saturated heterocycles. The van der Waals surface area contributed by atoms with Crippen LogP contribution in [0.3, 0.4) is 0 Å². The van der Waals surface area contributed by atoms with E-state index in [1.165, 1.54) is 96.3 Å². The number of ether oxygens (including phenoxy) is 2. The quantitative estimate of drug-likeness (QED) is 0.0948. The van der Waals surface area contributed by atoms with Crippen molar-refractivity contribution in [1.82, 2.24) is 0 Å². The molecule has 0 aliphatic carbocycles. The van der Waals surface area contributed by atoms with E-state index in [2.05, 4.69) is 6.92 Å². The van der Waals surface area contributed by atoms with Crippen molar-refractivity contribution in [3.8, 4) is 0 Å². The lowest BCUT2D eigenvalue weighted by Gasteiger charge is -2.36. The predicted molar refractivity (Wildman–Crippen MR) is 140 cm³/mol. The number of ketones is 1. The molecule has 7 nitrogen and oxygen atoms in total. The van der Waals surface area contributed by atoms with Crippen LogP contribution < -0.4 is 0 Å². The molecular weight excluding hydrogens is 460 g/mol. The highest BCUT2D eigenvalue weighted by Gasteiger charge is 2.58. The smallest absolute Gasteiger partial charge is 0.315 e. The third-order valence-corrected chi connectivity index (χ3v) is 7.18. The number of esters is 2. The van der Waals surface area contributed by atoms with E-state index in [1.54, 1.807) is 0 Å². The minimum atomic E-state index is -3.07. The van der Waals surface area contributed by atoms with Gasteiger partial charge in [0.25, 0.3) is 0 Å². The summed E-state index contributed by atoms with van der Waals surface area (Å²) in [5.74, 6) is -8.04. The van der Waals surface area contributed by atoms with Crippen LogP contribution in [-0.2, 0) is 23.9 Å². The van der Waals surface area contributed by atoms with Crippen molar-refractivity contribution in [2.24, 2.45) is 0 Å². The molecule has 1 fully saturated rings. The van der Waals surface area contributed by atoms with Crippen molar-refractivity contribution in [3.05, 3.63) is 0 Å². The Morgan fingerprint density at radius 1 is 0.667 bits per heavy atom. The fraction of sp³-hybridized carbons (Fsp3) is 0.897. The molecule has 2 N–H and O–H groups in total. The minimum Gasteiger partial charge on any atom is -0.416 e. The number of carbonyl (C=O) groups excluding carboxylic acids is 3. The Morgan fingerprint density at radius 3 is 1.31 bits per heavy atom. The van der Waals surface area contributed by atoms with Gasteiger partial charge in [-0.1, -0.05) is 122 Å². The van der Waals surface area contributed by atoms with Gasteiger partial charge in [0.05, 0.1) is 12.8 Å². The van der Waals surface area contributed by atoms with Crippen molar-refractivity contribution in [2.75, 3.05) is 0 Å². The first-order valence-electron chi connectivity index (χ1n) is 14.6. The third kappa shape index (κ3) is 13.2. The topological polar surface area (TPSA) is 110 Å². The average molecular weight is 513 g/mol. The van der Waals surface area contributed by atoms with Gasteiger partial charge in [-0.3, -0.25) is 14.4 Å². The van der Waals surface area contributed by atoms with Gasteiger partial charge in [-0.2, -0.15) is 0 Å². The summed E-state index contributed by atoms with van der Waals surface area (Å²) in [6.07, 6.45) is 23.1. The van der Waals surface area contributed by atoms with Gasteiger partial charge < -0.3 is 19.7 Å². The highest BCUT2D eigenvalue weighted by atomic mass is 16.8. The van der Waals surface area contributed by atoms with Gasteiger partial charge >= 0.3 is 23.5 Å².